The van der Waals surface area contributed by atoms with Gasteiger partial charge in [-0.3, -0.25) is 0 Å². The fourth-order valence-corrected chi connectivity index (χ4v) is 3.65. The van der Waals surface area contributed by atoms with E-state index < -0.39 is 0 Å². The molecule has 0 bridgehead atoms. The Hall–Kier alpha value is -1.56. The molecule has 1 saturated carbocycles. The molecule has 2 aliphatic carbocycles. The van der Waals surface area contributed by atoms with Crippen molar-refractivity contribution in [3.8, 4) is 0 Å². The highest BCUT2D eigenvalue weighted by atomic mass is 14.3. The van der Waals surface area contributed by atoms with E-state index in [2.05, 4.69) is 48.6 Å². The highest BCUT2D eigenvalue weighted by molar-refractivity contribution is 5.92. The van der Waals surface area contributed by atoms with Crippen molar-refractivity contribution in [1.82, 2.24) is 0 Å². The number of fused-ring (bicyclic) bond motifs is 5. The van der Waals surface area contributed by atoms with Gasteiger partial charge in [-0.2, -0.15) is 0 Å². The van der Waals surface area contributed by atoms with Crippen LogP contribution in [-0.4, -0.2) is 0 Å². The van der Waals surface area contributed by atoms with Crippen molar-refractivity contribution in [3.05, 3.63) is 53.6 Å². The van der Waals surface area contributed by atoms with E-state index in [1.54, 1.807) is 5.56 Å². The van der Waals surface area contributed by atoms with E-state index in [-0.39, 0.29) is 0 Å². The van der Waals surface area contributed by atoms with Gasteiger partial charge in [0.25, 0.3) is 0 Å². The predicted molar refractivity (Wildman–Crippen MR) is 73.1 cm³/mol. The lowest BCUT2D eigenvalue weighted by molar-refractivity contribution is 0.586. The summed E-state index contributed by atoms with van der Waals surface area (Å²) in [6.45, 7) is 0. The molecule has 17 heavy (non-hydrogen) atoms. The SMILES string of the molecule is C1=C[C@@H]2CCC[C@H]2c2ccc3ccccc3c21. The Balaban J connectivity index is 2.02. The van der Waals surface area contributed by atoms with Crippen LogP contribution in [0.5, 0.6) is 0 Å². The zero-order chi connectivity index (χ0) is 11.2. The second-order valence-corrected chi connectivity index (χ2v) is 5.35. The van der Waals surface area contributed by atoms with E-state index in [9.17, 15) is 0 Å². The molecule has 2 atom stereocenters. The Kier molecular flexibility index (Phi) is 1.93. The fraction of sp³-hybridized carbons (Fsp3) is 0.294. The quantitative estimate of drug-likeness (QED) is 0.601. The molecule has 0 radical (unpaired) electrons. The molecular formula is C17H16. The molecule has 0 aliphatic heterocycles. The van der Waals surface area contributed by atoms with Gasteiger partial charge >= 0.3 is 0 Å². The number of hydrogen-bond acceptors (Lipinski definition) is 0. The van der Waals surface area contributed by atoms with Crippen LogP contribution in [-0.2, 0) is 0 Å². The molecule has 0 unspecified atom stereocenters. The molecule has 2 aromatic rings. The maximum Gasteiger partial charge on any atom is -0.00927 e. The van der Waals surface area contributed by atoms with E-state index in [1.165, 1.54) is 35.6 Å². The summed E-state index contributed by atoms with van der Waals surface area (Å²) in [7, 11) is 0. The Labute approximate surface area is 102 Å². The average molecular weight is 220 g/mol. The van der Waals surface area contributed by atoms with Crippen LogP contribution in [0.2, 0.25) is 0 Å². The first-order valence-electron chi connectivity index (χ1n) is 6.63. The Morgan fingerprint density at radius 3 is 2.88 bits per heavy atom. The minimum Gasteiger partial charge on any atom is -0.0802 e. The Bertz CT molecular complexity index is 606. The van der Waals surface area contributed by atoms with Gasteiger partial charge in [0.05, 0.1) is 0 Å². The van der Waals surface area contributed by atoms with Gasteiger partial charge in [0.1, 0.15) is 0 Å². The van der Waals surface area contributed by atoms with E-state index in [1.807, 2.05) is 0 Å². The maximum absolute atomic E-state index is 2.45. The van der Waals surface area contributed by atoms with Gasteiger partial charge in [0.15, 0.2) is 0 Å². The third-order valence-electron chi connectivity index (χ3n) is 4.48. The van der Waals surface area contributed by atoms with E-state index in [0.717, 1.165) is 11.8 Å². The normalized spacial score (nSPS) is 25.9. The summed E-state index contributed by atoms with van der Waals surface area (Å²) < 4.78 is 0. The largest absolute Gasteiger partial charge is 0.0802 e. The minimum atomic E-state index is 0.791. The third kappa shape index (κ3) is 1.30. The second kappa shape index (κ2) is 3.46. The van der Waals surface area contributed by atoms with Gasteiger partial charge in [-0.05, 0) is 46.6 Å². The molecule has 1 fully saturated rings. The number of allylic oxidation sites excluding steroid dienone is 1. The lowest BCUT2D eigenvalue weighted by Gasteiger charge is -2.24. The van der Waals surface area contributed by atoms with Gasteiger partial charge in [0.2, 0.25) is 0 Å². The minimum absolute atomic E-state index is 0.791. The standard InChI is InChI=1S/C17H16/c1-2-6-14-12(4-1)8-10-17-15-7-3-5-13(15)9-11-16(14)17/h1-2,4,6,8-11,13,15H,3,5,7H2/t13-,15+/m0/s1. The molecule has 2 aromatic carbocycles. The monoisotopic (exact) mass is 220 g/mol. The van der Waals surface area contributed by atoms with Crippen LogP contribution in [0, 0.1) is 5.92 Å². The molecule has 0 heterocycles. The average Bonchev–Trinajstić information content (AvgIpc) is 2.86. The van der Waals surface area contributed by atoms with Crippen molar-refractivity contribution in [2.75, 3.05) is 0 Å². The van der Waals surface area contributed by atoms with Crippen LogP contribution in [0.1, 0.15) is 36.3 Å². The van der Waals surface area contributed by atoms with Crippen LogP contribution in [0.4, 0.5) is 0 Å². The van der Waals surface area contributed by atoms with Gasteiger partial charge in [-0.25, -0.2) is 0 Å². The molecule has 0 nitrogen and oxygen atoms in total. The predicted octanol–water partition coefficient (Wildman–Crippen LogP) is 4.75. The lowest BCUT2D eigenvalue weighted by Crippen LogP contribution is -2.09. The molecule has 4 rings (SSSR count). The highest BCUT2D eigenvalue weighted by Gasteiger charge is 2.30. The van der Waals surface area contributed by atoms with Crippen molar-refractivity contribution in [1.29, 1.82) is 0 Å². The molecule has 0 spiro atoms. The maximum atomic E-state index is 2.45. The summed E-state index contributed by atoms with van der Waals surface area (Å²) >= 11 is 0. The summed E-state index contributed by atoms with van der Waals surface area (Å²) in [5.74, 6) is 1.60. The zero-order valence-corrected chi connectivity index (χ0v) is 9.89. The molecular weight excluding hydrogens is 204 g/mol. The van der Waals surface area contributed by atoms with E-state index >= 15 is 0 Å². The van der Waals surface area contributed by atoms with Crippen LogP contribution in [0.25, 0.3) is 16.8 Å². The smallest absolute Gasteiger partial charge is 0.00927 e. The topological polar surface area (TPSA) is 0 Å². The summed E-state index contributed by atoms with van der Waals surface area (Å²) in [5.41, 5.74) is 3.07. The van der Waals surface area contributed by atoms with Gasteiger partial charge in [0, 0.05) is 0 Å². The second-order valence-electron chi connectivity index (χ2n) is 5.35. The lowest BCUT2D eigenvalue weighted by atomic mass is 9.80. The van der Waals surface area contributed by atoms with Crippen molar-refractivity contribution in [2.24, 2.45) is 5.92 Å². The van der Waals surface area contributed by atoms with Crippen LogP contribution in [0.15, 0.2) is 42.5 Å². The highest BCUT2D eigenvalue weighted by Crippen LogP contribution is 2.46. The van der Waals surface area contributed by atoms with Crippen LogP contribution >= 0.6 is 0 Å². The first-order chi connectivity index (χ1) is 8.43. The van der Waals surface area contributed by atoms with E-state index in [4.69, 9.17) is 0 Å². The first-order valence-corrected chi connectivity index (χ1v) is 6.63. The van der Waals surface area contributed by atoms with Gasteiger partial charge < -0.3 is 0 Å². The zero-order valence-electron chi connectivity index (χ0n) is 9.89. The van der Waals surface area contributed by atoms with Crippen molar-refractivity contribution in [3.63, 3.8) is 0 Å². The molecule has 84 valence electrons. The molecule has 0 aromatic heterocycles. The van der Waals surface area contributed by atoms with Crippen molar-refractivity contribution >= 4 is 16.8 Å². The van der Waals surface area contributed by atoms with E-state index in [0.29, 0.717) is 0 Å². The summed E-state index contributed by atoms with van der Waals surface area (Å²) in [6, 6.07) is 13.4. The van der Waals surface area contributed by atoms with Gasteiger partial charge in [-0.15, -0.1) is 0 Å². The third-order valence-corrected chi connectivity index (χ3v) is 4.48. The van der Waals surface area contributed by atoms with Crippen LogP contribution < -0.4 is 0 Å². The molecule has 0 saturated heterocycles. The number of hydrogen-bond donors (Lipinski definition) is 0. The number of rotatable bonds is 0. The summed E-state index contributed by atoms with van der Waals surface area (Å²) in [5, 5.41) is 2.79. The van der Waals surface area contributed by atoms with Gasteiger partial charge in [-0.1, -0.05) is 55.0 Å². The van der Waals surface area contributed by atoms with Crippen LogP contribution in [0.3, 0.4) is 0 Å². The molecule has 2 aliphatic rings. The van der Waals surface area contributed by atoms with Crippen molar-refractivity contribution < 1.29 is 0 Å². The summed E-state index contributed by atoms with van der Waals surface area (Å²) in [4.78, 5) is 0. The van der Waals surface area contributed by atoms with Crippen molar-refractivity contribution in [2.45, 2.75) is 25.2 Å². The molecule has 0 heteroatoms. The molecule has 0 N–H and O–H groups in total. The fourth-order valence-electron chi connectivity index (χ4n) is 3.65. The number of benzene rings is 2. The molecule has 0 amide bonds. The Morgan fingerprint density at radius 1 is 0.941 bits per heavy atom. The Morgan fingerprint density at radius 2 is 1.88 bits per heavy atom. The summed E-state index contributed by atoms with van der Waals surface area (Å²) in [6.07, 6.45) is 8.97. The first kappa shape index (κ1) is 9.47.